The smallest absolute Gasteiger partial charge is 0.0293 e. The van der Waals surface area contributed by atoms with Crippen molar-refractivity contribution in [3.63, 3.8) is 0 Å². The van der Waals surface area contributed by atoms with E-state index in [0.29, 0.717) is 5.92 Å². The van der Waals surface area contributed by atoms with E-state index in [9.17, 15) is 0 Å². The highest BCUT2D eigenvalue weighted by Gasteiger charge is 1.73. The monoisotopic (exact) mass is 234 g/mol. The maximum absolute atomic E-state index is 3.56. The molecule has 0 aromatic rings. The van der Waals surface area contributed by atoms with Crippen LogP contribution in [0.25, 0.3) is 0 Å². The van der Waals surface area contributed by atoms with Crippen molar-refractivity contribution in [1.82, 2.24) is 0 Å². The topological polar surface area (TPSA) is 0 Å². The molecule has 0 rings (SSSR count). The van der Waals surface area contributed by atoms with Gasteiger partial charge in [0.05, 0.1) is 0 Å². The van der Waals surface area contributed by atoms with E-state index in [1.807, 2.05) is 61.5 Å². The maximum atomic E-state index is 3.56. The second kappa shape index (κ2) is 124. The van der Waals surface area contributed by atoms with Crippen molar-refractivity contribution in [2.45, 2.75) is 89.5 Å². The minimum atomic E-state index is 0.648. The van der Waals surface area contributed by atoms with Gasteiger partial charge >= 0.3 is 0 Å². The third-order valence-corrected chi connectivity index (χ3v) is 0.471. The van der Waals surface area contributed by atoms with Crippen molar-refractivity contribution >= 4 is 0 Å². The fourth-order valence-electron chi connectivity index (χ4n) is 0. The lowest BCUT2D eigenvalue weighted by atomic mass is 10.2. The second-order valence-electron chi connectivity index (χ2n) is 2.19. The van der Waals surface area contributed by atoms with E-state index in [1.165, 1.54) is 6.42 Å². The molecule has 0 nitrogen and oxygen atoms in total. The predicted molar refractivity (Wildman–Crippen MR) is 86.4 cm³/mol. The van der Waals surface area contributed by atoms with Crippen LogP contribution in [-0.4, -0.2) is 0 Å². The molecule has 0 N–H and O–H groups in total. The zero-order valence-corrected chi connectivity index (χ0v) is 14.6. The first kappa shape index (κ1) is 36.0. The Kier molecular flexibility index (Phi) is 279. The van der Waals surface area contributed by atoms with Gasteiger partial charge in [0, 0.05) is 0 Å². The van der Waals surface area contributed by atoms with Gasteiger partial charge in [-0.15, -0.1) is 6.58 Å². The van der Waals surface area contributed by atoms with E-state index in [0.717, 1.165) is 0 Å². The molecule has 0 unspecified atom stereocenters. The van der Waals surface area contributed by atoms with Crippen LogP contribution in [0.3, 0.4) is 0 Å². The van der Waals surface area contributed by atoms with Crippen LogP contribution in [0, 0.1) is 5.92 Å². The molecule has 0 amide bonds. The molecule has 0 spiro atoms. The van der Waals surface area contributed by atoms with Gasteiger partial charge in [-0.3, -0.25) is 0 Å². The van der Waals surface area contributed by atoms with Crippen LogP contribution >= 0.6 is 0 Å². The van der Waals surface area contributed by atoms with Crippen molar-refractivity contribution in [2.75, 3.05) is 0 Å². The largest absolute Gasteiger partial charge is 0.103 e. The van der Waals surface area contributed by atoms with Gasteiger partial charge in [0.25, 0.3) is 0 Å². The first-order valence-corrected chi connectivity index (χ1v) is 7.31. The summed E-state index contributed by atoms with van der Waals surface area (Å²) in [6.45, 7) is 28.0. The molecule has 0 aliphatic rings. The van der Waals surface area contributed by atoms with Crippen molar-refractivity contribution in [3.8, 4) is 0 Å². The lowest BCUT2D eigenvalue weighted by Crippen LogP contribution is -1.71. The lowest BCUT2D eigenvalue weighted by Gasteiger charge is -1.84. The average Bonchev–Trinajstić information content (AvgIpc) is 2.40. The Hall–Kier alpha value is -0.260. The summed E-state index contributed by atoms with van der Waals surface area (Å²) in [5, 5.41) is 0. The molecule has 0 saturated carbocycles. The standard InChI is InChI=1S/C5H10.C3H8.4C2H6/c1-4-5(2)3;1-3-2;4*1-2/h4-5H,1H2,2-3H3;3H2,1-2H3;4*1-2H3. The molecule has 0 heteroatoms. The Balaban J connectivity index is -0.0000000201. The fourth-order valence-corrected chi connectivity index (χ4v) is 0. The zero-order valence-electron chi connectivity index (χ0n) is 14.6. The van der Waals surface area contributed by atoms with E-state index in [2.05, 4.69) is 34.3 Å². The lowest BCUT2D eigenvalue weighted by molar-refractivity contribution is 0.835. The third kappa shape index (κ3) is 737. The molecular formula is C16H42. The van der Waals surface area contributed by atoms with Crippen LogP contribution < -0.4 is 0 Å². The minimum Gasteiger partial charge on any atom is -0.103 e. The van der Waals surface area contributed by atoms with Crippen molar-refractivity contribution < 1.29 is 0 Å². The summed E-state index contributed by atoms with van der Waals surface area (Å²) in [6.07, 6.45) is 3.17. The number of hydrogen-bond donors (Lipinski definition) is 0. The van der Waals surface area contributed by atoms with Gasteiger partial charge in [-0.05, 0) is 5.92 Å². The second-order valence-corrected chi connectivity index (χ2v) is 2.19. The molecule has 16 heavy (non-hydrogen) atoms. The van der Waals surface area contributed by atoms with Crippen LogP contribution in [-0.2, 0) is 0 Å². The molecule has 0 aromatic carbocycles. The highest BCUT2D eigenvalue weighted by Crippen LogP contribution is 1.87. The highest BCUT2D eigenvalue weighted by molar-refractivity contribution is 4.69. The zero-order chi connectivity index (χ0) is 15.0. The third-order valence-electron chi connectivity index (χ3n) is 0.471. The first-order valence-electron chi connectivity index (χ1n) is 7.31. The SMILES string of the molecule is C=CC(C)C.CC.CC.CC.CC.CCC. The van der Waals surface area contributed by atoms with Crippen LogP contribution in [0.2, 0.25) is 0 Å². The molecule has 0 heterocycles. The van der Waals surface area contributed by atoms with Crippen molar-refractivity contribution in [2.24, 2.45) is 5.92 Å². The average molecular weight is 235 g/mol. The normalized spacial score (nSPS) is 5.31. The molecule has 0 atom stereocenters. The van der Waals surface area contributed by atoms with Gasteiger partial charge in [0.15, 0.2) is 0 Å². The molecule has 106 valence electrons. The van der Waals surface area contributed by atoms with Gasteiger partial charge in [-0.2, -0.15) is 0 Å². The summed E-state index contributed by atoms with van der Waals surface area (Å²) in [7, 11) is 0. The molecule has 0 aliphatic heterocycles. The van der Waals surface area contributed by atoms with Crippen LogP contribution in [0.5, 0.6) is 0 Å². The Morgan fingerprint density at radius 1 is 0.750 bits per heavy atom. The Labute approximate surface area is 109 Å². The molecule has 0 fully saturated rings. The summed E-state index contributed by atoms with van der Waals surface area (Å²) in [5.41, 5.74) is 0. The number of allylic oxidation sites excluding steroid dienone is 1. The summed E-state index contributed by atoms with van der Waals surface area (Å²) >= 11 is 0. The molecule has 0 saturated heterocycles. The molecule has 0 radical (unpaired) electrons. The molecule has 0 bridgehead atoms. The van der Waals surface area contributed by atoms with E-state index < -0.39 is 0 Å². The molecule has 0 aliphatic carbocycles. The Bertz CT molecular complexity index is 35.3. The van der Waals surface area contributed by atoms with E-state index in [-0.39, 0.29) is 0 Å². The van der Waals surface area contributed by atoms with E-state index in [4.69, 9.17) is 0 Å². The fraction of sp³-hybridized carbons (Fsp3) is 0.875. The van der Waals surface area contributed by atoms with Crippen LogP contribution in [0.4, 0.5) is 0 Å². The minimum absolute atomic E-state index is 0.648. The number of rotatable bonds is 1. The molecule has 0 aromatic heterocycles. The van der Waals surface area contributed by atoms with Crippen molar-refractivity contribution in [1.29, 1.82) is 0 Å². The van der Waals surface area contributed by atoms with Gasteiger partial charge in [-0.25, -0.2) is 0 Å². The summed E-state index contributed by atoms with van der Waals surface area (Å²) in [5.74, 6) is 0.648. The maximum Gasteiger partial charge on any atom is -0.0293 e. The number of hydrogen-bond acceptors (Lipinski definition) is 0. The predicted octanol–water partition coefficient (Wildman–Crippen LogP) is 7.35. The first-order chi connectivity index (χ1) is 7.68. The van der Waals surface area contributed by atoms with Crippen LogP contribution in [0.1, 0.15) is 89.5 Å². The van der Waals surface area contributed by atoms with E-state index >= 15 is 0 Å². The van der Waals surface area contributed by atoms with Gasteiger partial charge in [0.1, 0.15) is 0 Å². The summed E-state index contributed by atoms with van der Waals surface area (Å²) in [4.78, 5) is 0. The van der Waals surface area contributed by atoms with Gasteiger partial charge in [-0.1, -0.05) is 95.6 Å². The van der Waals surface area contributed by atoms with E-state index in [1.54, 1.807) is 0 Å². The highest BCUT2D eigenvalue weighted by atomic mass is 13.8. The Morgan fingerprint density at radius 2 is 0.812 bits per heavy atom. The Morgan fingerprint density at radius 3 is 0.812 bits per heavy atom. The van der Waals surface area contributed by atoms with Gasteiger partial charge < -0.3 is 0 Å². The van der Waals surface area contributed by atoms with Gasteiger partial charge in [0.2, 0.25) is 0 Å². The van der Waals surface area contributed by atoms with Crippen molar-refractivity contribution in [3.05, 3.63) is 12.7 Å². The molecular weight excluding hydrogens is 192 g/mol. The van der Waals surface area contributed by atoms with Crippen LogP contribution in [0.15, 0.2) is 12.7 Å². The summed E-state index contributed by atoms with van der Waals surface area (Å²) < 4.78 is 0. The summed E-state index contributed by atoms with van der Waals surface area (Å²) in [6, 6.07) is 0. The quantitative estimate of drug-likeness (QED) is 0.416.